The minimum Gasteiger partial charge on any atom is -0.472 e. The van der Waals surface area contributed by atoms with Crippen molar-refractivity contribution in [2.45, 2.75) is 50.6 Å². The molecule has 4 heterocycles. The summed E-state index contributed by atoms with van der Waals surface area (Å²) in [6.45, 7) is 7.56. The van der Waals surface area contributed by atoms with Gasteiger partial charge in [-0.15, -0.1) is 0 Å². The van der Waals surface area contributed by atoms with Gasteiger partial charge in [-0.05, 0) is 51.3 Å². The van der Waals surface area contributed by atoms with Crippen molar-refractivity contribution in [3.63, 3.8) is 0 Å². The van der Waals surface area contributed by atoms with Crippen molar-refractivity contribution in [2.75, 3.05) is 39.3 Å². The van der Waals surface area contributed by atoms with Gasteiger partial charge in [0.2, 0.25) is 5.91 Å². The number of piperidine rings is 1. The molecule has 1 aromatic heterocycles. The van der Waals surface area contributed by atoms with Crippen LogP contribution in [0.4, 0.5) is 0 Å². The van der Waals surface area contributed by atoms with Gasteiger partial charge >= 0.3 is 0 Å². The molecule has 132 valence electrons. The van der Waals surface area contributed by atoms with E-state index < -0.39 is 0 Å². The number of carbonyl (C=O) groups is 1. The third-order valence-electron chi connectivity index (χ3n) is 6.29. The van der Waals surface area contributed by atoms with Gasteiger partial charge in [0, 0.05) is 50.2 Å². The number of likely N-dealkylation sites (tertiary alicyclic amines) is 3. The van der Waals surface area contributed by atoms with E-state index in [2.05, 4.69) is 14.7 Å². The second-order valence-electron chi connectivity index (χ2n) is 7.73. The lowest BCUT2D eigenvalue weighted by molar-refractivity contribution is -0.132. The van der Waals surface area contributed by atoms with E-state index in [0.717, 1.165) is 58.4 Å². The van der Waals surface area contributed by atoms with Crippen LogP contribution < -0.4 is 0 Å². The Bertz CT molecular complexity index is 543. The summed E-state index contributed by atoms with van der Waals surface area (Å²) in [5, 5.41) is 0. The molecule has 1 spiro atoms. The molecular weight excluding hydrogens is 302 g/mol. The normalized spacial score (nSPS) is 25.2. The highest BCUT2D eigenvalue weighted by Gasteiger charge is 2.46. The molecule has 1 aromatic rings. The fraction of sp³-hybridized carbons (Fsp3) is 0.737. The number of hydrogen-bond donors (Lipinski definition) is 0. The first-order valence-corrected chi connectivity index (χ1v) is 9.51. The van der Waals surface area contributed by atoms with E-state index in [1.54, 1.807) is 6.26 Å². The third kappa shape index (κ3) is 3.24. The number of amides is 1. The summed E-state index contributed by atoms with van der Waals surface area (Å²) in [7, 11) is 0. The molecular formula is C19H29N3O2. The SMILES string of the molecule is O=C1CCC2(CCN(Cc3ccoc3)CC2)N1CCN1CCCC1. The van der Waals surface area contributed by atoms with E-state index in [0.29, 0.717) is 5.91 Å². The van der Waals surface area contributed by atoms with E-state index in [1.165, 1.54) is 31.5 Å². The smallest absolute Gasteiger partial charge is 0.223 e. The Morgan fingerprint density at radius 2 is 1.79 bits per heavy atom. The van der Waals surface area contributed by atoms with Gasteiger partial charge in [0.1, 0.15) is 0 Å². The molecule has 0 aliphatic carbocycles. The molecule has 0 radical (unpaired) electrons. The molecule has 0 unspecified atom stereocenters. The van der Waals surface area contributed by atoms with Crippen LogP contribution in [-0.2, 0) is 11.3 Å². The molecule has 1 amide bonds. The van der Waals surface area contributed by atoms with Crippen molar-refractivity contribution in [1.29, 1.82) is 0 Å². The molecule has 0 atom stereocenters. The summed E-state index contributed by atoms with van der Waals surface area (Å²) in [6.07, 6.45) is 10.3. The predicted octanol–water partition coefficient (Wildman–Crippen LogP) is 2.33. The Morgan fingerprint density at radius 3 is 2.50 bits per heavy atom. The van der Waals surface area contributed by atoms with E-state index in [-0.39, 0.29) is 5.54 Å². The summed E-state index contributed by atoms with van der Waals surface area (Å²) >= 11 is 0. The summed E-state index contributed by atoms with van der Waals surface area (Å²) in [4.78, 5) is 19.7. The van der Waals surface area contributed by atoms with Crippen molar-refractivity contribution in [2.24, 2.45) is 0 Å². The van der Waals surface area contributed by atoms with Crippen molar-refractivity contribution in [3.05, 3.63) is 24.2 Å². The summed E-state index contributed by atoms with van der Waals surface area (Å²) in [5.74, 6) is 0.387. The second kappa shape index (κ2) is 6.89. The fourth-order valence-electron chi connectivity index (χ4n) is 4.77. The number of rotatable bonds is 5. The Kier molecular flexibility index (Phi) is 4.63. The van der Waals surface area contributed by atoms with Crippen molar-refractivity contribution in [1.82, 2.24) is 14.7 Å². The largest absolute Gasteiger partial charge is 0.472 e. The number of carbonyl (C=O) groups excluding carboxylic acids is 1. The first kappa shape index (κ1) is 16.2. The van der Waals surface area contributed by atoms with Crippen LogP contribution in [0.2, 0.25) is 0 Å². The lowest BCUT2D eigenvalue weighted by Crippen LogP contribution is -2.54. The maximum atomic E-state index is 12.5. The van der Waals surface area contributed by atoms with Gasteiger partial charge in [-0.3, -0.25) is 9.69 Å². The first-order valence-electron chi connectivity index (χ1n) is 9.51. The van der Waals surface area contributed by atoms with E-state index >= 15 is 0 Å². The van der Waals surface area contributed by atoms with Crippen LogP contribution in [0.15, 0.2) is 23.0 Å². The Hall–Kier alpha value is -1.33. The highest BCUT2D eigenvalue weighted by Crippen LogP contribution is 2.39. The lowest BCUT2D eigenvalue weighted by atomic mass is 9.85. The van der Waals surface area contributed by atoms with Gasteiger partial charge < -0.3 is 14.2 Å². The minimum atomic E-state index is 0.143. The standard InChI is InChI=1S/C19H29N3O2/c23-18-3-5-19(22(18)13-12-20-8-1-2-9-20)6-10-21(11-7-19)15-17-4-14-24-16-17/h4,14,16H,1-3,5-13,15H2. The zero-order chi connectivity index (χ0) is 16.4. The van der Waals surface area contributed by atoms with Gasteiger partial charge in [-0.2, -0.15) is 0 Å². The molecule has 5 nitrogen and oxygen atoms in total. The van der Waals surface area contributed by atoms with E-state index in [9.17, 15) is 4.79 Å². The topological polar surface area (TPSA) is 39.9 Å². The average Bonchev–Trinajstić information content (AvgIpc) is 3.32. The molecule has 24 heavy (non-hydrogen) atoms. The van der Waals surface area contributed by atoms with Crippen LogP contribution >= 0.6 is 0 Å². The second-order valence-corrected chi connectivity index (χ2v) is 7.73. The molecule has 0 N–H and O–H groups in total. The third-order valence-corrected chi connectivity index (χ3v) is 6.29. The van der Waals surface area contributed by atoms with Crippen molar-refractivity contribution in [3.8, 4) is 0 Å². The number of nitrogens with zero attached hydrogens (tertiary/aromatic N) is 3. The first-order chi connectivity index (χ1) is 11.8. The van der Waals surface area contributed by atoms with Crippen molar-refractivity contribution >= 4 is 5.91 Å². The highest BCUT2D eigenvalue weighted by atomic mass is 16.3. The van der Waals surface area contributed by atoms with E-state index in [4.69, 9.17) is 4.42 Å². The Balaban J connectivity index is 1.34. The molecule has 0 aromatic carbocycles. The molecule has 3 saturated heterocycles. The minimum absolute atomic E-state index is 0.143. The average molecular weight is 331 g/mol. The van der Waals surface area contributed by atoms with Crippen LogP contribution in [0.5, 0.6) is 0 Å². The van der Waals surface area contributed by atoms with Gasteiger partial charge in [0.15, 0.2) is 0 Å². The fourth-order valence-corrected chi connectivity index (χ4v) is 4.77. The van der Waals surface area contributed by atoms with Crippen LogP contribution in [0.3, 0.4) is 0 Å². The van der Waals surface area contributed by atoms with Gasteiger partial charge in [-0.1, -0.05) is 0 Å². The molecule has 0 bridgehead atoms. The Labute approximate surface area is 144 Å². The molecule has 5 heteroatoms. The van der Waals surface area contributed by atoms with Gasteiger partial charge in [-0.25, -0.2) is 0 Å². The monoisotopic (exact) mass is 331 g/mol. The van der Waals surface area contributed by atoms with Crippen LogP contribution in [0.1, 0.15) is 44.1 Å². The maximum absolute atomic E-state index is 12.5. The predicted molar refractivity (Wildman–Crippen MR) is 92.6 cm³/mol. The molecule has 4 rings (SSSR count). The zero-order valence-electron chi connectivity index (χ0n) is 14.6. The number of hydrogen-bond acceptors (Lipinski definition) is 4. The van der Waals surface area contributed by atoms with E-state index in [1.807, 2.05) is 12.3 Å². The number of furan rings is 1. The lowest BCUT2D eigenvalue weighted by Gasteiger charge is -2.45. The van der Waals surface area contributed by atoms with Gasteiger partial charge in [0.05, 0.1) is 12.5 Å². The molecule has 0 saturated carbocycles. The van der Waals surface area contributed by atoms with Crippen LogP contribution in [0.25, 0.3) is 0 Å². The summed E-state index contributed by atoms with van der Waals surface area (Å²) in [6, 6.07) is 2.05. The highest BCUT2D eigenvalue weighted by molar-refractivity contribution is 5.79. The van der Waals surface area contributed by atoms with Crippen LogP contribution in [-0.4, -0.2) is 65.4 Å². The summed E-state index contributed by atoms with van der Waals surface area (Å²) < 4.78 is 5.18. The molecule has 3 aliphatic heterocycles. The summed E-state index contributed by atoms with van der Waals surface area (Å²) in [5.41, 5.74) is 1.39. The van der Waals surface area contributed by atoms with Crippen LogP contribution in [0, 0.1) is 0 Å². The molecule has 3 fully saturated rings. The molecule has 3 aliphatic rings. The Morgan fingerprint density at radius 1 is 1.00 bits per heavy atom. The zero-order valence-corrected chi connectivity index (χ0v) is 14.6. The quantitative estimate of drug-likeness (QED) is 0.830. The van der Waals surface area contributed by atoms with Gasteiger partial charge in [0.25, 0.3) is 0 Å². The van der Waals surface area contributed by atoms with Crippen molar-refractivity contribution < 1.29 is 9.21 Å². The maximum Gasteiger partial charge on any atom is 0.223 e.